The fourth-order valence-electron chi connectivity index (χ4n) is 3.83. The molecule has 0 aliphatic carbocycles. The Morgan fingerprint density at radius 3 is 2.26 bits per heavy atom. The highest BCUT2D eigenvalue weighted by atomic mass is 32.2. The molecule has 2 aliphatic heterocycles. The SMILES string of the molecule is CC(=O)Nc1ccc(CNC(=O)c2ccc(NC(=O)CC3SC(N4CCCC4)=NC3=O)cc2)cc1. The van der Waals surface area contributed by atoms with E-state index in [4.69, 9.17) is 0 Å². The number of nitrogens with zero attached hydrogens (tertiary/aromatic N) is 2. The summed E-state index contributed by atoms with van der Waals surface area (Å²) in [5.74, 6) is -0.914. The number of thioether (sulfide) groups is 1. The highest BCUT2D eigenvalue weighted by molar-refractivity contribution is 8.15. The highest BCUT2D eigenvalue weighted by Gasteiger charge is 2.33. The van der Waals surface area contributed by atoms with Gasteiger partial charge in [0.2, 0.25) is 11.8 Å². The zero-order chi connectivity index (χ0) is 24.8. The highest BCUT2D eigenvalue weighted by Crippen LogP contribution is 2.29. The summed E-state index contributed by atoms with van der Waals surface area (Å²) < 4.78 is 0. The molecule has 1 saturated heterocycles. The summed E-state index contributed by atoms with van der Waals surface area (Å²) in [5, 5.41) is 8.56. The Bertz CT molecular complexity index is 1140. The third-order valence-corrected chi connectivity index (χ3v) is 6.85. The van der Waals surface area contributed by atoms with Gasteiger partial charge < -0.3 is 20.9 Å². The first kappa shape index (κ1) is 24.5. The zero-order valence-corrected chi connectivity index (χ0v) is 20.2. The predicted molar refractivity (Wildman–Crippen MR) is 136 cm³/mol. The van der Waals surface area contributed by atoms with Crippen LogP contribution in [-0.2, 0) is 20.9 Å². The molecule has 3 N–H and O–H groups in total. The van der Waals surface area contributed by atoms with Crippen molar-refractivity contribution in [3.8, 4) is 0 Å². The summed E-state index contributed by atoms with van der Waals surface area (Å²) >= 11 is 1.36. The van der Waals surface area contributed by atoms with E-state index in [1.54, 1.807) is 36.4 Å². The number of hydrogen-bond acceptors (Lipinski definition) is 6. The Labute approximate surface area is 207 Å². The van der Waals surface area contributed by atoms with E-state index in [9.17, 15) is 19.2 Å². The number of nitrogens with one attached hydrogen (secondary N) is 3. The molecule has 0 radical (unpaired) electrons. The summed E-state index contributed by atoms with van der Waals surface area (Å²) in [6.07, 6.45) is 2.24. The van der Waals surface area contributed by atoms with Gasteiger partial charge in [-0.2, -0.15) is 4.99 Å². The number of carbonyl (C=O) groups excluding carboxylic acids is 4. The van der Waals surface area contributed by atoms with Gasteiger partial charge in [-0.25, -0.2) is 0 Å². The summed E-state index contributed by atoms with van der Waals surface area (Å²) in [4.78, 5) is 54.4. The van der Waals surface area contributed by atoms with Crippen molar-refractivity contribution in [3.05, 3.63) is 59.7 Å². The van der Waals surface area contributed by atoms with E-state index in [0.29, 0.717) is 23.5 Å². The predicted octanol–water partition coefficient (Wildman–Crippen LogP) is 3.00. The smallest absolute Gasteiger partial charge is 0.262 e. The van der Waals surface area contributed by atoms with Crippen molar-refractivity contribution < 1.29 is 19.2 Å². The largest absolute Gasteiger partial charge is 0.351 e. The molecule has 2 heterocycles. The number of rotatable bonds is 7. The average molecular weight is 494 g/mol. The average Bonchev–Trinajstić information content (AvgIpc) is 3.49. The lowest BCUT2D eigenvalue weighted by atomic mass is 10.1. The van der Waals surface area contributed by atoms with Gasteiger partial charge >= 0.3 is 0 Å². The van der Waals surface area contributed by atoms with Gasteiger partial charge in [-0.15, -0.1) is 0 Å². The van der Waals surface area contributed by atoms with Crippen LogP contribution in [0.4, 0.5) is 11.4 Å². The Morgan fingerprint density at radius 1 is 0.971 bits per heavy atom. The lowest BCUT2D eigenvalue weighted by Gasteiger charge is -2.16. The lowest BCUT2D eigenvalue weighted by Crippen LogP contribution is -2.25. The Hall–Kier alpha value is -3.66. The van der Waals surface area contributed by atoms with Crippen molar-refractivity contribution >= 4 is 51.9 Å². The van der Waals surface area contributed by atoms with E-state index in [-0.39, 0.29) is 30.0 Å². The van der Waals surface area contributed by atoms with Crippen molar-refractivity contribution in [2.24, 2.45) is 4.99 Å². The lowest BCUT2D eigenvalue weighted by molar-refractivity contribution is -0.121. The maximum Gasteiger partial charge on any atom is 0.262 e. The second-order valence-electron chi connectivity index (χ2n) is 8.42. The van der Waals surface area contributed by atoms with Crippen molar-refractivity contribution in [2.75, 3.05) is 23.7 Å². The molecule has 2 aliphatic rings. The maximum atomic E-state index is 12.5. The first-order valence-corrected chi connectivity index (χ1v) is 12.3. The van der Waals surface area contributed by atoms with Crippen LogP contribution < -0.4 is 16.0 Å². The monoisotopic (exact) mass is 493 g/mol. The van der Waals surface area contributed by atoms with Gasteiger partial charge in [0.25, 0.3) is 11.8 Å². The van der Waals surface area contributed by atoms with Crippen molar-refractivity contribution in [1.29, 1.82) is 0 Å². The van der Waals surface area contributed by atoms with Crippen LogP contribution in [0.3, 0.4) is 0 Å². The van der Waals surface area contributed by atoms with Gasteiger partial charge in [-0.05, 0) is 54.8 Å². The third-order valence-electron chi connectivity index (χ3n) is 5.63. The molecule has 2 aromatic carbocycles. The van der Waals surface area contributed by atoms with E-state index < -0.39 is 5.25 Å². The summed E-state index contributed by atoms with van der Waals surface area (Å²) in [5.41, 5.74) is 2.60. The topological polar surface area (TPSA) is 120 Å². The van der Waals surface area contributed by atoms with Gasteiger partial charge in [0.15, 0.2) is 5.17 Å². The molecule has 4 rings (SSSR count). The summed E-state index contributed by atoms with van der Waals surface area (Å²) in [6.45, 7) is 3.60. The van der Waals surface area contributed by atoms with Crippen molar-refractivity contribution in [3.63, 3.8) is 0 Å². The van der Waals surface area contributed by atoms with Gasteiger partial charge in [-0.3, -0.25) is 19.2 Å². The molecule has 9 nitrogen and oxygen atoms in total. The fraction of sp³-hybridized carbons (Fsp3) is 0.320. The van der Waals surface area contributed by atoms with Crippen molar-refractivity contribution in [1.82, 2.24) is 10.2 Å². The van der Waals surface area contributed by atoms with Crippen LogP contribution in [0.5, 0.6) is 0 Å². The minimum Gasteiger partial charge on any atom is -0.351 e. The van der Waals surface area contributed by atoms with Crippen LogP contribution >= 0.6 is 11.8 Å². The number of hydrogen-bond donors (Lipinski definition) is 3. The second-order valence-corrected chi connectivity index (χ2v) is 9.59. The van der Waals surface area contributed by atoms with Gasteiger partial charge in [0, 0.05) is 49.9 Å². The number of carbonyl (C=O) groups is 4. The van der Waals surface area contributed by atoms with Gasteiger partial charge in [0.1, 0.15) is 5.25 Å². The van der Waals surface area contributed by atoms with E-state index in [2.05, 4.69) is 25.8 Å². The number of likely N-dealkylation sites (tertiary alicyclic amines) is 1. The molecule has 10 heteroatoms. The molecule has 0 spiro atoms. The molecule has 182 valence electrons. The van der Waals surface area contributed by atoms with E-state index >= 15 is 0 Å². The molecule has 2 aromatic rings. The Kier molecular flexibility index (Phi) is 7.81. The minimum atomic E-state index is -0.497. The first-order chi connectivity index (χ1) is 16.9. The van der Waals surface area contributed by atoms with Gasteiger partial charge in [-0.1, -0.05) is 23.9 Å². The van der Waals surface area contributed by atoms with Crippen LogP contribution in [-0.4, -0.2) is 52.0 Å². The number of amidine groups is 1. The van der Waals surface area contributed by atoms with Crippen molar-refractivity contribution in [2.45, 2.75) is 38.0 Å². The molecule has 1 atom stereocenters. The maximum absolute atomic E-state index is 12.5. The number of benzene rings is 2. The Balaban J connectivity index is 1.23. The molecular formula is C25H27N5O4S. The molecule has 1 unspecified atom stereocenters. The second kappa shape index (κ2) is 11.2. The number of amides is 4. The molecule has 1 fully saturated rings. The molecule has 35 heavy (non-hydrogen) atoms. The van der Waals surface area contributed by atoms with Crippen LogP contribution in [0, 0.1) is 0 Å². The van der Waals surface area contributed by atoms with Crippen LogP contribution in [0.15, 0.2) is 53.5 Å². The molecular weight excluding hydrogens is 466 g/mol. The summed E-state index contributed by atoms with van der Waals surface area (Å²) in [7, 11) is 0. The number of aliphatic imine (C=N–C) groups is 1. The van der Waals surface area contributed by atoms with Gasteiger partial charge in [0.05, 0.1) is 0 Å². The molecule has 0 saturated carbocycles. The van der Waals surface area contributed by atoms with Crippen LogP contribution in [0.25, 0.3) is 0 Å². The molecule has 0 aromatic heterocycles. The van der Waals surface area contributed by atoms with Crippen LogP contribution in [0.1, 0.15) is 42.1 Å². The Morgan fingerprint density at radius 2 is 1.60 bits per heavy atom. The summed E-state index contributed by atoms with van der Waals surface area (Å²) in [6, 6.07) is 13.8. The quantitative estimate of drug-likeness (QED) is 0.546. The normalized spacial score (nSPS) is 17.2. The van der Waals surface area contributed by atoms with E-state index in [1.165, 1.54) is 18.7 Å². The van der Waals surface area contributed by atoms with Crippen LogP contribution in [0.2, 0.25) is 0 Å². The third kappa shape index (κ3) is 6.69. The molecule has 4 amide bonds. The van der Waals surface area contributed by atoms with E-state index in [0.717, 1.165) is 36.7 Å². The van der Waals surface area contributed by atoms with E-state index in [1.807, 2.05) is 12.1 Å². The number of anilines is 2. The zero-order valence-electron chi connectivity index (χ0n) is 19.4. The standard InChI is InChI=1S/C25H27N5O4S/c1-16(31)27-19-8-4-17(5-9-19)15-26-23(33)18-6-10-20(11-7-18)28-22(32)14-21-24(34)29-25(35-21)30-12-2-3-13-30/h4-11,21H,2-3,12-15H2,1H3,(H,26,33)(H,27,31)(H,28,32). The molecule has 0 bridgehead atoms. The first-order valence-electron chi connectivity index (χ1n) is 11.5. The minimum absolute atomic E-state index is 0.0489. The fourth-order valence-corrected chi connectivity index (χ4v) is 4.95.